The van der Waals surface area contributed by atoms with E-state index in [1.807, 2.05) is 0 Å². The third-order valence-electron chi connectivity index (χ3n) is 10.4. The van der Waals surface area contributed by atoms with E-state index in [-0.39, 0.29) is 78.2 Å². The van der Waals surface area contributed by atoms with Crippen molar-refractivity contribution in [1.29, 1.82) is 0 Å². The minimum absolute atomic E-state index is 0.0596. The van der Waals surface area contributed by atoms with Crippen LogP contribution in [0.1, 0.15) is 25.7 Å². The van der Waals surface area contributed by atoms with Crippen LogP contribution in [-0.2, 0) is 24.0 Å². The van der Waals surface area contributed by atoms with Crippen molar-refractivity contribution in [3.05, 3.63) is 11.5 Å². The van der Waals surface area contributed by atoms with E-state index in [2.05, 4.69) is 21.3 Å². The molecule has 0 aromatic carbocycles. The number of nitrogens with two attached hydrogens (primary N) is 1. The summed E-state index contributed by atoms with van der Waals surface area (Å²) in [7, 11) is 0. The third kappa shape index (κ3) is 24.7. The fourth-order valence-corrected chi connectivity index (χ4v) is 6.53. The summed E-state index contributed by atoms with van der Waals surface area (Å²) < 4.78 is 0. The average molecular weight is 962 g/mol. The molecular weight excluding hydrogens is 890 g/mol. The van der Waals surface area contributed by atoms with Crippen molar-refractivity contribution >= 4 is 29.7 Å². The molecule has 21 N–H and O–H groups in total. The van der Waals surface area contributed by atoms with Gasteiger partial charge in [0, 0.05) is 77.9 Å². The second-order valence-electron chi connectivity index (χ2n) is 15.8. The summed E-state index contributed by atoms with van der Waals surface area (Å²) in [6.45, 7) is -3.85. The summed E-state index contributed by atoms with van der Waals surface area (Å²) in [6.07, 6.45) is -15.2. The molecule has 0 aromatic rings. The molecule has 66 heavy (non-hydrogen) atoms. The molecule has 1 fully saturated rings. The second-order valence-corrected chi connectivity index (χ2v) is 15.8. The zero-order valence-corrected chi connectivity index (χ0v) is 36.5. The molecule has 0 bridgehead atoms. The molecule has 29 nitrogen and oxygen atoms in total. The summed E-state index contributed by atoms with van der Waals surface area (Å²) in [6, 6.07) is -2.59. The number of amides is 2. The lowest BCUT2D eigenvalue weighted by Gasteiger charge is -2.33. The van der Waals surface area contributed by atoms with Crippen LogP contribution in [0.3, 0.4) is 0 Å². The van der Waals surface area contributed by atoms with Gasteiger partial charge in [-0.1, -0.05) is 0 Å². The highest BCUT2D eigenvalue weighted by atomic mass is 16.4. The number of aliphatic hydroxyl groups is 12. The summed E-state index contributed by atoms with van der Waals surface area (Å²) in [5.41, 5.74) is 5.75. The Hall–Kier alpha value is -3.99. The van der Waals surface area contributed by atoms with Gasteiger partial charge >= 0.3 is 17.9 Å². The van der Waals surface area contributed by atoms with Gasteiger partial charge in [0.15, 0.2) is 11.5 Å². The van der Waals surface area contributed by atoms with E-state index in [0.29, 0.717) is 0 Å². The first-order valence-corrected chi connectivity index (χ1v) is 21.1. The molecule has 0 spiro atoms. The standard InChI is InChI=1S/C37H71N9O20/c38-36(65)21(1-3-27(53)40-14-24(50)34(63)35(64)26(52)20-48)42-37(66)22(2-4-28(54)39-13-23(49)33(62)25(51)19-47)41-29(55)15-43-5-7-44(16-30(56)57)9-11-46(18-32(60)61)12-10-45(8-6-43)17-31(58)59/h21-27,33,36-37,40,42,47-53,62-66H,1-20,38H2,(H,39,54)(H,41,55)(H,56,57)(H,58,59)(H,60,61)/b35-34+/t21-,22-,23-,24+,25+,26-,27?,33-,36?,37?/m0/s1. The van der Waals surface area contributed by atoms with Gasteiger partial charge in [0.2, 0.25) is 11.8 Å². The SMILES string of the molecule is NC(O)[C@H](CCC(O)NC[C@@H](O)/C(O)=C(\O)[C@@H](O)CO)NC(O)[C@H](CCC(=O)NC[C@H](O)[C@H](O)[C@H](O)CO)NC(=O)CN1CCN(CC(=O)O)CCN(CC(=O)O)CCN(CC(=O)O)CC1. The molecule has 1 aliphatic heterocycles. The van der Waals surface area contributed by atoms with E-state index in [1.165, 1.54) is 9.80 Å². The Kier molecular flexibility index (Phi) is 29.0. The lowest BCUT2D eigenvalue weighted by Crippen LogP contribution is -2.58. The molecular formula is C37H71N9O20. The van der Waals surface area contributed by atoms with E-state index >= 15 is 0 Å². The quantitative estimate of drug-likeness (QED) is 0.0235. The van der Waals surface area contributed by atoms with Gasteiger partial charge in [-0.05, 0) is 19.3 Å². The normalized spacial score (nSPS) is 20.4. The van der Waals surface area contributed by atoms with Gasteiger partial charge in [-0.3, -0.25) is 54.2 Å². The van der Waals surface area contributed by atoms with E-state index < -0.39 is 155 Å². The van der Waals surface area contributed by atoms with Gasteiger partial charge in [-0.25, -0.2) is 0 Å². The zero-order valence-electron chi connectivity index (χ0n) is 36.5. The maximum Gasteiger partial charge on any atom is 0.317 e. The number of rotatable bonds is 30. The number of carboxylic acids is 3. The smallest absolute Gasteiger partial charge is 0.317 e. The second kappa shape index (κ2) is 31.9. The van der Waals surface area contributed by atoms with E-state index in [1.54, 1.807) is 9.80 Å². The molecule has 0 aromatic heterocycles. The number of hydrogen-bond acceptors (Lipinski definition) is 24. The molecule has 29 heteroatoms. The summed E-state index contributed by atoms with van der Waals surface area (Å²) in [4.78, 5) is 67.7. The minimum Gasteiger partial charge on any atom is -0.506 e. The number of nitrogens with one attached hydrogen (secondary N) is 4. The fraction of sp³-hybridized carbons (Fsp3) is 0.811. The first kappa shape index (κ1) is 60.0. The van der Waals surface area contributed by atoms with Crippen LogP contribution < -0.4 is 27.0 Å². The van der Waals surface area contributed by atoms with Gasteiger partial charge < -0.3 is 93.0 Å². The van der Waals surface area contributed by atoms with Crippen LogP contribution in [0.15, 0.2) is 11.5 Å². The Labute approximate surface area is 379 Å². The van der Waals surface area contributed by atoms with Crippen LogP contribution in [0.4, 0.5) is 0 Å². The van der Waals surface area contributed by atoms with Crippen molar-refractivity contribution in [3.8, 4) is 0 Å². The number of hydrogen-bond donors (Lipinski definition) is 20. The van der Waals surface area contributed by atoms with E-state index in [4.69, 9.17) is 15.9 Å². The van der Waals surface area contributed by atoms with Gasteiger partial charge in [-0.15, -0.1) is 0 Å². The lowest BCUT2D eigenvalue weighted by molar-refractivity contribution is -0.140. The third-order valence-corrected chi connectivity index (χ3v) is 10.4. The van der Waals surface area contributed by atoms with E-state index in [0.717, 1.165) is 0 Å². The lowest BCUT2D eigenvalue weighted by atomic mass is 10.0. The van der Waals surface area contributed by atoms with Gasteiger partial charge in [0.25, 0.3) is 0 Å². The van der Waals surface area contributed by atoms with Crippen LogP contribution in [0.2, 0.25) is 0 Å². The van der Waals surface area contributed by atoms with Gasteiger partial charge in [0.05, 0.1) is 51.5 Å². The number of aliphatic carboxylic acids is 3. The summed E-state index contributed by atoms with van der Waals surface area (Å²) in [5, 5.41) is 157. The Morgan fingerprint density at radius 1 is 0.530 bits per heavy atom. The number of carbonyl (C=O) groups excluding carboxylic acids is 2. The molecule has 0 aliphatic carbocycles. The molecule has 384 valence electrons. The monoisotopic (exact) mass is 961 g/mol. The van der Waals surface area contributed by atoms with Crippen molar-refractivity contribution in [2.45, 2.75) is 87.0 Å². The highest BCUT2D eigenvalue weighted by molar-refractivity contribution is 5.79. The van der Waals surface area contributed by atoms with Gasteiger partial charge in [0.1, 0.15) is 43.1 Å². The predicted octanol–water partition coefficient (Wildman–Crippen LogP) is -9.80. The summed E-state index contributed by atoms with van der Waals surface area (Å²) in [5.74, 6) is -7.15. The molecule has 0 saturated carbocycles. The van der Waals surface area contributed by atoms with Crippen LogP contribution in [0.5, 0.6) is 0 Å². The zero-order chi connectivity index (χ0) is 50.1. The van der Waals surface area contributed by atoms with Crippen molar-refractivity contribution in [3.63, 3.8) is 0 Å². The number of nitrogens with zero attached hydrogens (tertiary/aromatic N) is 4. The van der Waals surface area contributed by atoms with Crippen molar-refractivity contribution in [2.24, 2.45) is 5.73 Å². The molecule has 1 rings (SSSR count). The largest absolute Gasteiger partial charge is 0.506 e. The maximum atomic E-state index is 13.7. The minimum atomic E-state index is -1.88. The molecule has 1 saturated heterocycles. The molecule has 2 amide bonds. The maximum absolute atomic E-state index is 13.7. The topological polar surface area (TPSA) is 476 Å². The van der Waals surface area contributed by atoms with E-state index in [9.17, 15) is 90.4 Å². The fourth-order valence-electron chi connectivity index (χ4n) is 6.53. The first-order valence-electron chi connectivity index (χ1n) is 21.1. The Balaban J connectivity index is 3.27. The Bertz CT molecular complexity index is 1470. The molecule has 1 heterocycles. The highest BCUT2D eigenvalue weighted by Gasteiger charge is 2.30. The van der Waals surface area contributed by atoms with Crippen LogP contribution in [0.25, 0.3) is 0 Å². The molecule has 3 unspecified atom stereocenters. The molecule has 1 aliphatic rings. The van der Waals surface area contributed by atoms with Crippen molar-refractivity contribution in [2.75, 3.05) is 105 Å². The Morgan fingerprint density at radius 3 is 1.41 bits per heavy atom. The van der Waals surface area contributed by atoms with Crippen molar-refractivity contribution in [1.82, 2.24) is 40.9 Å². The number of carbonyl (C=O) groups is 5. The summed E-state index contributed by atoms with van der Waals surface area (Å²) >= 11 is 0. The van der Waals surface area contributed by atoms with Crippen LogP contribution in [0, 0.1) is 0 Å². The number of aliphatic hydroxyl groups excluding tert-OH is 12. The molecule has 0 radical (unpaired) electrons. The average Bonchev–Trinajstić information content (AvgIpc) is 3.25. The van der Waals surface area contributed by atoms with Crippen LogP contribution in [-0.4, -0.2) is 292 Å². The Morgan fingerprint density at radius 2 is 0.985 bits per heavy atom. The molecule has 10 atom stereocenters. The predicted molar refractivity (Wildman–Crippen MR) is 226 cm³/mol. The van der Waals surface area contributed by atoms with Gasteiger partial charge in [-0.2, -0.15) is 0 Å². The highest BCUT2D eigenvalue weighted by Crippen LogP contribution is 2.11. The first-order chi connectivity index (χ1) is 31.0. The number of carboxylic acid groups (broad SMARTS) is 3. The van der Waals surface area contributed by atoms with Crippen LogP contribution >= 0.6 is 0 Å². The van der Waals surface area contributed by atoms with Crippen molar-refractivity contribution < 1.29 is 101 Å².